The Morgan fingerprint density at radius 1 is 1.11 bits per heavy atom. The highest BCUT2D eigenvalue weighted by Gasteiger charge is 2.19. The summed E-state index contributed by atoms with van der Waals surface area (Å²) in [6.45, 7) is 1.60. The van der Waals surface area contributed by atoms with Gasteiger partial charge < -0.3 is 10.5 Å². The Bertz CT molecular complexity index is 1170. The molecule has 9 heteroatoms. The predicted octanol–water partition coefficient (Wildman–Crippen LogP) is 3.29. The summed E-state index contributed by atoms with van der Waals surface area (Å²) in [6.07, 6.45) is 3.10. The molecule has 28 heavy (non-hydrogen) atoms. The molecule has 0 amide bonds. The van der Waals surface area contributed by atoms with Gasteiger partial charge in [-0.1, -0.05) is 12.1 Å². The Balaban J connectivity index is 1.87. The third-order valence-corrected chi connectivity index (χ3v) is 4.49. The number of esters is 1. The van der Waals surface area contributed by atoms with E-state index in [1.165, 1.54) is 13.1 Å². The Labute approximate surface area is 168 Å². The van der Waals surface area contributed by atoms with Gasteiger partial charge in [0, 0.05) is 25.0 Å². The molecule has 0 radical (unpaired) electrons. The largest absolute Gasteiger partial charge is 0.461 e. The van der Waals surface area contributed by atoms with E-state index < -0.39 is 0 Å². The zero-order valence-electron chi connectivity index (χ0n) is 14.8. The smallest absolute Gasteiger partial charge is 0.302 e. The number of anilines is 1. The molecule has 0 aliphatic rings. The lowest BCUT2D eigenvalue weighted by molar-refractivity contribution is -0.142. The molecule has 0 saturated heterocycles. The van der Waals surface area contributed by atoms with E-state index in [1.807, 2.05) is 41.0 Å². The van der Waals surface area contributed by atoms with Crippen molar-refractivity contribution in [3.8, 4) is 17.2 Å². The van der Waals surface area contributed by atoms with Crippen molar-refractivity contribution in [3.63, 3.8) is 0 Å². The zero-order valence-corrected chi connectivity index (χ0v) is 16.4. The normalized spacial score (nSPS) is 10.9. The first-order chi connectivity index (χ1) is 13.5. The van der Waals surface area contributed by atoms with E-state index in [2.05, 4.69) is 35.9 Å². The van der Waals surface area contributed by atoms with Crippen molar-refractivity contribution in [1.29, 1.82) is 0 Å². The molecule has 0 spiro atoms. The molecular formula is C19H15BrN6O2. The topological polar surface area (TPSA) is 109 Å². The fourth-order valence-corrected chi connectivity index (χ4v) is 3.08. The number of ether oxygens (including phenoxy) is 1. The van der Waals surface area contributed by atoms with Crippen molar-refractivity contribution in [2.75, 3.05) is 5.73 Å². The molecule has 2 N–H and O–H groups in total. The van der Waals surface area contributed by atoms with Gasteiger partial charge in [0.05, 0.1) is 0 Å². The number of benzene rings is 1. The third kappa shape index (κ3) is 3.44. The highest BCUT2D eigenvalue weighted by Crippen LogP contribution is 2.29. The highest BCUT2D eigenvalue weighted by molar-refractivity contribution is 9.10. The van der Waals surface area contributed by atoms with Gasteiger partial charge in [-0.15, -0.1) is 0 Å². The van der Waals surface area contributed by atoms with E-state index in [0.29, 0.717) is 27.3 Å². The van der Waals surface area contributed by atoms with Gasteiger partial charge in [-0.25, -0.2) is 19.9 Å². The molecule has 1 aromatic carbocycles. The van der Waals surface area contributed by atoms with Crippen LogP contribution in [0.5, 0.6) is 0 Å². The Morgan fingerprint density at radius 3 is 2.57 bits per heavy atom. The zero-order chi connectivity index (χ0) is 19.7. The molecule has 0 unspecified atom stereocenters. The number of rotatable bonds is 4. The van der Waals surface area contributed by atoms with Crippen LogP contribution in [0.4, 0.5) is 5.82 Å². The minimum absolute atomic E-state index is 0.216. The van der Waals surface area contributed by atoms with Crippen molar-refractivity contribution in [2.24, 2.45) is 0 Å². The molecule has 8 nitrogen and oxygen atoms in total. The Morgan fingerprint density at radius 2 is 1.86 bits per heavy atom. The summed E-state index contributed by atoms with van der Waals surface area (Å²) < 4.78 is 7.60. The molecule has 0 aliphatic carbocycles. The number of nitrogens with two attached hydrogens (primary N) is 1. The lowest BCUT2D eigenvalue weighted by atomic mass is 10.2. The standard InChI is InChI=1S/C19H15BrN6O2/c1-11(27)28-10-12-2-4-13(5-3-12)26-18-14(6-7-15(20)25-18)24-19(26)16-17(21)23-9-8-22-16/h2-9H,10H2,1H3,(H2,21,23). The number of hydrogen-bond donors (Lipinski definition) is 1. The van der Waals surface area contributed by atoms with Crippen molar-refractivity contribution in [1.82, 2.24) is 24.5 Å². The predicted molar refractivity (Wildman–Crippen MR) is 107 cm³/mol. The van der Waals surface area contributed by atoms with Crippen LogP contribution in [-0.4, -0.2) is 30.5 Å². The summed E-state index contributed by atoms with van der Waals surface area (Å²) in [7, 11) is 0. The maximum absolute atomic E-state index is 11.0. The van der Waals surface area contributed by atoms with Gasteiger partial charge in [0.1, 0.15) is 22.4 Å². The van der Waals surface area contributed by atoms with Crippen molar-refractivity contribution < 1.29 is 9.53 Å². The average molecular weight is 439 g/mol. The van der Waals surface area contributed by atoms with Gasteiger partial charge in [0.2, 0.25) is 0 Å². The summed E-state index contributed by atoms with van der Waals surface area (Å²) in [5.41, 5.74) is 9.56. The van der Waals surface area contributed by atoms with Gasteiger partial charge in [0.25, 0.3) is 0 Å². The Hall–Kier alpha value is -3.33. The Kier molecular flexibility index (Phi) is 4.74. The number of carbonyl (C=O) groups is 1. The monoisotopic (exact) mass is 438 g/mol. The number of carbonyl (C=O) groups excluding carboxylic acids is 1. The molecule has 0 aliphatic heterocycles. The maximum Gasteiger partial charge on any atom is 0.302 e. The highest BCUT2D eigenvalue weighted by atomic mass is 79.9. The lowest BCUT2D eigenvalue weighted by Gasteiger charge is -2.10. The van der Waals surface area contributed by atoms with E-state index in [9.17, 15) is 4.79 Å². The van der Waals surface area contributed by atoms with Crippen molar-refractivity contribution in [2.45, 2.75) is 13.5 Å². The second-order valence-electron chi connectivity index (χ2n) is 5.98. The van der Waals surface area contributed by atoms with Gasteiger partial charge in [-0.2, -0.15) is 0 Å². The number of aromatic nitrogens is 5. The first kappa shape index (κ1) is 18.1. The summed E-state index contributed by atoms with van der Waals surface area (Å²) in [5, 5.41) is 0. The fraction of sp³-hybridized carbons (Fsp3) is 0.105. The van der Waals surface area contributed by atoms with Crippen LogP contribution in [0.15, 0.2) is 53.4 Å². The van der Waals surface area contributed by atoms with E-state index in [-0.39, 0.29) is 18.4 Å². The molecule has 0 bridgehead atoms. The summed E-state index contributed by atoms with van der Waals surface area (Å²) >= 11 is 3.41. The number of fused-ring (bicyclic) bond motifs is 1. The molecule has 3 aromatic heterocycles. The number of imidazole rings is 1. The molecule has 0 fully saturated rings. The first-order valence-corrected chi connectivity index (χ1v) is 9.17. The quantitative estimate of drug-likeness (QED) is 0.384. The maximum atomic E-state index is 11.0. The van der Waals surface area contributed by atoms with E-state index >= 15 is 0 Å². The lowest BCUT2D eigenvalue weighted by Crippen LogP contribution is -2.04. The fourth-order valence-electron chi connectivity index (χ4n) is 2.78. The van der Waals surface area contributed by atoms with Crippen LogP contribution in [-0.2, 0) is 16.1 Å². The van der Waals surface area contributed by atoms with Crippen molar-refractivity contribution >= 4 is 38.9 Å². The molecule has 140 valence electrons. The average Bonchev–Trinajstić information content (AvgIpc) is 3.05. The van der Waals surface area contributed by atoms with Gasteiger partial charge in [-0.05, 0) is 45.8 Å². The van der Waals surface area contributed by atoms with Crippen LogP contribution in [0.2, 0.25) is 0 Å². The third-order valence-electron chi connectivity index (χ3n) is 4.05. The SMILES string of the molecule is CC(=O)OCc1ccc(-n2c(-c3nccnc3N)nc3ccc(Br)nc32)cc1. The number of halogens is 1. The van der Waals surface area contributed by atoms with Crippen LogP contribution in [0.25, 0.3) is 28.4 Å². The summed E-state index contributed by atoms with van der Waals surface area (Å²) in [4.78, 5) is 28.7. The minimum Gasteiger partial charge on any atom is -0.461 e. The second kappa shape index (κ2) is 7.35. The minimum atomic E-state index is -0.320. The summed E-state index contributed by atoms with van der Waals surface area (Å²) in [6, 6.07) is 11.3. The van der Waals surface area contributed by atoms with E-state index in [0.717, 1.165) is 11.3 Å². The number of pyridine rings is 1. The first-order valence-electron chi connectivity index (χ1n) is 8.37. The van der Waals surface area contributed by atoms with Crippen LogP contribution >= 0.6 is 15.9 Å². The number of hydrogen-bond acceptors (Lipinski definition) is 7. The van der Waals surface area contributed by atoms with Gasteiger partial charge >= 0.3 is 5.97 Å². The molecule has 0 atom stereocenters. The molecule has 4 aromatic rings. The van der Waals surface area contributed by atoms with Crippen molar-refractivity contribution in [3.05, 3.63) is 59.0 Å². The molecular weight excluding hydrogens is 424 g/mol. The van der Waals surface area contributed by atoms with Gasteiger partial charge in [-0.3, -0.25) is 9.36 Å². The molecule has 3 heterocycles. The van der Waals surface area contributed by atoms with Gasteiger partial charge in [0.15, 0.2) is 17.3 Å². The number of nitrogens with zero attached hydrogens (tertiary/aromatic N) is 5. The van der Waals surface area contributed by atoms with Crippen LogP contribution < -0.4 is 5.73 Å². The number of nitrogen functional groups attached to an aromatic ring is 1. The van der Waals surface area contributed by atoms with Crippen LogP contribution in [0, 0.1) is 0 Å². The second-order valence-corrected chi connectivity index (χ2v) is 6.80. The van der Waals surface area contributed by atoms with E-state index in [1.54, 1.807) is 6.20 Å². The molecule has 4 rings (SSSR count). The van der Waals surface area contributed by atoms with Crippen LogP contribution in [0.3, 0.4) is 0 Å². The summed E-state index contributed by atoms with van der Waals surface area (Å²) in [5.74, 6) is 0.502. The molecule has 0 saturated carbocycles. The van der Waals surface area contributed by atoms with E-state index in [4.69, 9.17) is 10.5 Å². The van der Waals surface area contributed by atoms with Crippen LogP contribution in [0.1, 0.15) is 12.5 Å².